The fourth-order valence-electron chi connectivity index (χ4n) is 2.57. The highest BCUT2D eigenvalue weighted by atomic mass is 19.1. The molecule has 2 rings (SSSR count). The first-order valence-electron chi connectivity index (χ1n) is 6.67. The molecule has 1 aliphatic rings. The quantitative estimate of drug-likeness (QED) is 0.798. The molecule has 1 heterocycles. The van der Waals surface area contributed by atoms with Gasteiger partial charge in [-0.25, -0.2) is 4.39 Å². The maximum atomic E-state index is 13.4. The molecule has 0 aliphatic carbocycles. The predicted octanol–water partition coefficient (Wildman–Crippen LogP) is 2.18. The normalized spacial score (nSPS) is 16.7. The summed E-state index contributed by atoms with van der Waals surface area (Å²) in [6.07, 6.45) is 1.89. The van der Waals surface area contributed by atoms with Crippen LogP contribution in [0.1, 0.15) is 42.6 Å². The second-order valence-electron chi connectivity index (χ2n) is 5.52. The Hall–Kier alpha value is -1.86. The van der Waals surface area contributed by atoms with E-state index < -0.39 is 5.82 Å². The Bertz CT molecular complexity index is 584. The first-order valence-corrected chi connectivity index (χ1v) is 6.67. The molecule has 0 bridgehead atoms. The van der Waals surface area contributed by atoms with Crippen LogP contribution in [0.3, 0.4) is 0 Å². The second kappa shape index (κ2) is 5.64. The van der Waals surface area contributed by atoms with Crippen molar-refractivity contribution in [2.24, 2.45) is 0 Å². The third-order valence-corrected chi connectivity index (χ3v) is 3.66. The van der Waals surface area contributed by atoms with E-state index >= 15 is 0 Å². The molecule has 0 aromatic heterocycles. The Morgan fingerprint density at radius 3 is 2.85 bits per heavy atom. The zero-order chi connectivity index (χ0) is 14.8. The van der Waals surface area contributed by atoms with E-state index in [1.165, 1.54) is 18.2 Å². The minimum atomic E-state index is -0.458. The lowest BCUT2D eigenvalue weighted by molar-refractivity contribution is 0.0651. The van der Waals surface area contributed by atoms with E-state index in [-0.39, 0.29) is 23.6 Å². The van der Waals surface area contributed by atoms with Crippen LogP contribution in [0.25, 0.3) is 0 Å². The molecule has 106 valence electrons. The van der Waals surface area contributed by atoms with Gasteiger partial charge in [0.25, 0.3) is 5.91 Å². The number of likely N-dealkylation sites (tertiary alicyclic amines) is 1. The van der Waals surface area contributed by atoms with Gasteiger partial charge in [-0.05, 0) is 44.9 Å². The summed E-state index contributed by atoms with van der Waals surface area (Å²) in [7, 11) is 0. The molecule has 0 radical (unpaired) electrons. The summed E-state index contributed by atoms with van der Waals surface area (Å²) in [6, 6.07) is 3.97. The molecular weight excluding hydrogens is 257 g/mol. The van der Waals surface area contributed by atoms with Crippen molar-refractivity contribution in [1.29, 1.82) is 0 Å². The van der Waals surface area contributed by atoms with Gasteiger partial charge in [0.15, 0.2) is 0 Å². The SMILES string of the molecule is CC1(C)CCCN1C(=O)c1cc(F)ccc1C#CCO. The Morgan fingerprint density at radius 1 is 1.50 bits per heavy atom. The van der Waals surface area contributed by atoms with E-state index in [0.717, 1.165) is 12.8 Å². The molecule has 1 amide bonds. The largest absolute Gasteiger partial charge is 0.384 e. The monoisotopic (exact) mass is 275 g/mol. The van der Waals surface area contributed by atoms with Gasteiger partial charge < -0.3 is 10.0 Å². The van der Waals surface area contributed by atoms with Crippen molar-refractivity contribution in [1.82, 2.24) is 4.90 Å². The van der Waals surface area contributed by atoms with Gasteiger partial charge in [0.2, 0.25) is 0 Å². The lowest BCUT2D eigenvalue weighted by Crippen LogP contribution is -2.42. The fraction of sp³-hybridized carbons (Fsp3) is 0.438. The van der Waals surface area contributed by atoms with E-state index in [1.807, 2.05) is 13.8 Å². The smallest absolute Gasteiger partial charge is 0.255 e. The molecule has 1 fully saturated rings. The second-order valence-corrected chi connectivity index (χ2v) is 5.52. The summed E-state index contributed by atoms with van der Waals surface area (Å²) in [4.78, 5) is 14.4. The highest BCUT2D eigenvalue weighted by Crippen LogP contribution is 2.30. The number of nitrogens with zero attached hydrogens (tertiary/aromatic N) is 1. The standard InChI is InChI=1S/C16H18FNO2/c1-16(2)8-4-9-18(16)15(20)14-11-13(17)7-6-12(14)5-3-10-19/h6-7,11,19H,4,8-10H2,1-2H3. The van der Waals surface area contributed by atoms with Gasteiger partial charge in [-0.15, -0.1) is 0 Å². The van der Waals surface area contributed by atoms with Crippen LogP contribution in [0.4, 0.5) is 4.39 Å². The van der Waals surface area contributed by atoms with Crippen LogP contribution < -0.4 is 0 Å². The topological polar surface area (TPSA) is 40.5 Å². The Morgan fingerprint density at radius 2 is 2.25 bits per heavy atom. The minimum absolute atomic E-state index is 0.200. The molecule has 20 heavy (non-hydrogen) atoms. The molecule has 0 atom stereocenters. The van der Waals surface area contributed by atoms with Crippen molar-refractivity contribution in [3.63, 3.8) is 0 Å². The first kappa shape index (κ1) is 14.5. The third kappa shape index (κ3) is 2.83. The van der Waals surface area contributed by atoms with Crippen molar-refractivity contribution in [2.45, 2.75) is 32.2 Å². The van der Waals surface area contributed by atoms with Gasteiger partial charge in [-0.2, -0.15) is 0 Å². The fourth-order valence-corrected chi connectivity index (χ4v) is 2.57. The van der Waals surface area contributed by atoms with Crippen molar-refractivity contribution in [3.8, 4) is 11.8 Å². The van der Waals surface area contributed by atoms with Crippen LogP contribution in [0.15, 0.2) is 18.2 Å². The zero-order valence-corrected chi connectivity index (χ0v) is 11.7. The number of rotatable bonds is 1. The average molecular weight is 275 g/mol. The van der Waals surface area contributed by atoms with Gasteiger partial charge in [-0.3, -0.25) is 4.79 Å². The molecule has 0 saturated carbocycles. The summed E-state index contributed by atoms with van der Waals surface area (Å²) in [5.41, 5.74) is 0.500. The molecule has 1 saturated heterocycles. The van der Waals surface area contributed by atoms with E-state index in [0.29, 0.717) is 12.1 Å². The molecule has 1 aliphatic heterocycles. The lowest BCUT2D eigenvalue weighted by Gasteiger charge is -2.32. The molecule has 0 spiro atoms. The maximum Gasteiger partial charge on any atom is 0.255 e. The van der Waals surface area contributed by atoms with Crippen LogP contribution in [0.2, 0.25) is 0 Å². The molecule has 1 aromatic carbocycles. The summed E-state index contributed by atoms with van der Waals surface area (Å²) in [5, 5.41) is 8.76. The van der Waals surface area contributed by atoms with Crippen LogP contribution in [-0.4, -0.2) is 34.6 Å². The van der Waals surface area contributed by atoms with Crippen LogP contribution in [-0.2, 0) is 0 Å². The number of amides is 1. The van der Waals surface area contributed by atoms with Gasteiger partial charge in [0, 0.05) is 17.6 Å². The van der Waals surface area contributed by atoms with Crippen molar-refractivity contribution in [2.75, 3.05) is 13.2 Å². The molecule has 1 aromatic rings. The Labute approximate surface area is 118 Å². The van der Waals surface area contributed by atoms with Crippen molar-refractivity contribution in [3.05, 3.63) is 35.1 Å². The highest BCUT2D eigenvalue weighted by molar-refractivity contribution is 5.97. The number of hydrogen-bond donors (Lipinski definition) is 1. The molecule has 3 nitrogen and oxygen atoms in total. The lowest BCUT2D eigenvalue weighted by atomic mass is 10.00. The highest BCUT2D eigenvalue weighted by Gasteiger charge is 2.36. The summed E-state index contributed by atoms with van der Waals surface area (Å²) >= 11 is 0. The van der Waals surface area contributed by atoms with Crippen LogP contribution in [0.5, 0.6) is 0 Å². The summed E-state index contributed by atoms with van der Waals surface area (Å²) in [6.45, 7) is 4.40. The number of halogens is 1. The number of hydrogen-bond acceptors (Lipinski definition) is 2. The molecule has 1 N–H and O–H groups in total. The van der Waals surface area contributed by atoms with E-state index in [9.17, 15) is 9.18 Å². The number of aliphatic hydroxyl groups is 1. The molecular formula is C16H18FNO2. The number of aliphatic hydroxyl groups excluding tert-OH is 1. The third-order valence-electron chi connectivity index (χ3n) is 3.66. The predicted molar refractivity (Wildman–Crippen MR) is 74.7 cm³/mol. The van der Waals surface area contributed by atoms with Gasteiger partial charge in [0.1, 0.15) is 12.4 Å². The maximum absolute atomic E-state index is 13.4. The molecule has 4 heteroatoms. The zero-order valence-electron chi connectivity index (χ0n) is 11.7. The minimum Gasteiger partial charge on any atom is -0.384 e. The van der Waals surface area contributed by atoms with Crippen LogP contribution >= 0.6 is 0 Å². The summed E-state index contributed by atoms with van der Waals surface area (Å²) < 4.78 is 13.4. The first-order chi connectivity index (χ1) is 9.45. The average Bonchev–Trinajstić information content (AvgIpc) is 2.76. The number of benzene rings is 1. The van der Waals surface area contributed by atoms with Crippen LogP contribution in [0, 0.1) is 17.7 Å². The Kier molecular flexibility index (Phi) is 4.10. The van der Waals surface area contributed by atoms with E-state index in [1.54, 1.807) is 4.90 Å². The van der Waals surface area contributed by atoms with E-state index in [2.05, 4.69) is 11.8 Å². The van der Waals surface area contributed by atoms with Gasteiger partial charge >= 0.3 is 0 Å². The number of carbonyl (C=O) groups is 1. The Balaban J connectivity index is 2.41. The van der Waals surface area contributed by atoms with Gasteiger partial charge in [-0.1, -0.05) is 11.8 Å². The van der Waals surface area contributed by atoms with Crippen molar-refractivity contribution < 1.29 is 14.3 Å². The van der Waals surface area contributed by atoms with Crippen molar-refractivity contribution >= 4 is 5.91 Å². The number of carbonyl (C=O) groups excluding carboxylic acids is 1. The van der Waals surface area contributed by atoms with E-state index in [4.69, 9.17) is 5.11 Å². The molecule has 0 unspecified atom stereocenters. The summed E-state index contributed by atoms with van der Waals surface area (Å²) in [5.74, 6) is 4.55. The van der Waals surface area contributed by atoms with Gasteiger partial charge in [0.05, 0.1) is 5.56 Å².